The summed E-state index contributed by atoms with van der Waals surface area (Å²) in [6, 6.07) is 17.8. The summed E-state index contributed by atoms with van der Waals surface area (Å²) in [6.45, 7) is 2.62. The molecule has 25 heavy (non-hydrogen) atoms. The Kier molecular flexibility index (Phi) is 5.17. The van der Waals surface area contributed by atoms with Crippen LogP contribution in [0.15, 0.2) is 54.6 Å². The number of para-hydroxylation sites is 1. The van der Waals surface area contributed by atoms with Crippen molar-refractivity contribution in [1.29, 1.82) is 0 Å². The molecular weight excluding hydrogens is 312 g/mol. The lowest BCUT2D eigenvalue weighted by molar-refractivity contribution is -0.130. The van der Waals surface area contributed by atoms with E-state index in [1.807, 2.05) is 42.2 Å². The first kappa shape index (κ1) is 17.2. The van der Waals surface area contributed by atoms with E-state index in [9.17, 15) is 9.59 Å². The van der Waals surface area contributed by atoms with Crippen molar-refractivity contribution < 1.29 is 9.59 Å². The van der Waals surface area contributed by atoms with Gasteiger partial charge < -0.3 is 9.80 Å². The molecule has 4 heteroatoms. The maximum Gasteiger partial charge on any atom is 0.228 e. The van der Waals surface area contributed by atoms with Crippen LogP contribution in [0.2, 0.25) is 0 Å². The molecule has 0 saturated carbocycles. The number of likely N-dealkylation sites (tertiary alicyclic amines) is 1. The molecule has 0 N–H and O–H groups in total. The molecule has 1 fully saturated rings. The molecule has 0 aromatic heterocycles. The van der Waals surface area contributed by atoms with Crippen LogP contribution < -0.4 is 4.90 Å². The fraction of sp³-hybridized carbons (Fsp3) is 0.333. The van der Waals surface area contributed by atoms with Gasteiger partial charge >= 0.3 is 0 Å². The van der Waals surface area contributed by atoms with Gasteiger partial charge in [0.15, 0.2) is 0 Å². The average molecular weight is 336 g/mol. The number of hydrogen-bond donors (Lipinski definition) is 0. The second-order valence-corrected chi connectivity index (χ2v) is 6.69. The summed E-state index contributed by atoms with van der Waals surface area (Å²) in [5.74, 6) is 0.181. The number of hydrogen-bond acceptors (Lipinski definition) is 2. The molecular formula is C21H24N2O2. The summed E-state index contributed by atoms with van der Waals surface area (Å²) >= 11 is 0. The Bertz CT molecular complexity index is 740. The highest BCUT2D eigenvalue weighted by atomic mass is 16.2. The van der Waals surface area contributed by atoms with Crippen molar-refractivity contribution in [2.24, 2.45) is 0 Å². The van der Waals surface area contributed by atoms with Gasteiger partial charge in [0.2, 0.25) is 11.8 Å². The Morgan fingerprint density at radius 3 is 2.48 bits per heavy atom. The summed E-state index contributed by atoms with van der Waals surface area (Å²) in [6.07, 6.45) is 1.64. The molecule has 2 aromatic carbocycles. The summed E-state index contributed by atoms with van der Waals surface area (Å²) in [5, 5.41) is 0. The van der Waals surface area contributed by atoms with Crippen molar-refractivity contribution in [3.63, 3.8) is 0 Å². The monoisotopic (exact) mass is 336 g/mol. The van der Waals surface area contributed by atoms with Gasteiger partial charge in [-0.2, -0.15) is 0 Å². The minimum Gasteiger partial charge on any atom is -0.335 e. The molecule has 0 radical (unpaired) electrons. The maximum absolute atomic E-state index is 12.6. The van der Waals surface area contributed by atoms with Crippen LogP contribution in [-0.2, 0) is 16.1 Å². The van der Waals surface area contributed by atoms with Crippen molar-refractivity contribution >= 4 is 17.5 Å². The number of nitrogens with zero attached hydrogens (tertiary/aromatic N) is 2. The first-order valence-corrected chi connectivity index (χ1v) is 8.71. The van der Waals surface area contributed by atoms with E-state index in [0.29, 0.717) is 19.4 Å². The van der Waals surface area contributed by atoms with Gasteiger partial charge in [0.25, 0.3) is 0 Å². The summed E-state index contributed by atoms with van der Waals surface area (Å²) in [4.78, 5) is 28.5. The van der Waals surface area contributed by atoms with Crippen molar-refractivity contribution in [1.82, 2.24) is 4.90 Å². The third kappa shape index (κ3) is 4.08. The van der Waals surface area contributed by atoms with Gasteiger partial charge in [-0.3, -0.25) is 9.59 Å². The van der Waals surface area contributed by atoms with E-state index in [1.165, 1.54) is 5.56 Å². The lowest BCUT2D eigenvalue weighted by Gasteiger charge is -2.26. The van der Waals surface area contributed by atoms with E-state index in [2.05, 4.69) is 24.3 Å². The highest BCUT2D eigenvalue weighted by molar-refractivity contribution is 5.93. The van der Waals surface area contributed by atoms with E-state index in [0.717, 1.165) is 17.7 Å². The minimum absolute atomic E-state index is 0.0209. The Balaban J connectivity index is 1.67. The number of amides is 2. The van der Waals surface area contributed by atoms with Crippen LogP contribution in [0, 0.1) is 6.92 Å². The predicted octanol–water partition coefficient (Wildman–Crippen LogP) is 3.54. The van der Waals surface area contributed by atoms with Crippen molar-refractivity contribution in [3.05, 3.63) is 65.7 Å². The van der Waals surface area contributed by atoms with Gasteiger partial charge in [0.05, 0.1) is 0 Å². The van der Waals surface area contributed by atoms with Crippen molar-refractivity contribution in [2.45, 2.75) is 38.8 Å². The number of carbonyl (C=O) groups is 2. The standard InChI is InChI=1S/C21H24N2O2/c1-16-8-10-17(11-9-16)15-23-19(12-13-20(23)24)14-21(25)22(2)18-6-4-3-5-7-18/h3-11,19H,12-15H2,1-2H3. The Morgan fingerprint density at radius 1 is 1.12 bits per heavy atom. The van der Waals surface area contributed by atoms with E-state index in [4.69, 9.17) is 0 Å². The summed E-state index contributed by atoms with van der Waals surface area (Å²) in [5.41, 5.74) is 3.18. The molecule has 1 aliphatic heterocycles. The van der Waals surface area contributed by atoms with E-state index < -0.39 is 0 Å². The van der Waals surface area contributed by atoms with Gasteiger partial charge in [-0.25, -0.2) is 0 Å². The molecule has 0 spiro atoms. The Morgan fingerprint density at radius 2 is 1.80 bits per heavy atom. The summed E-state index contributed by atoms with van der Waals surface area (Å²) in [7, 11) is 1.79. The third-order valence-electron chi connectivity index (χ3n) is 4.85. The molecule has 1 saturated heterocycles. The first-order valence-electron chi connectivity index (χ1n) is 8.71. The van der Waals surface area contributed by atoms with E-state index in [-0.39, 0.29) is 17.9 Å². The molecule has 0 aliphatic carbocycles. The number of aryl methyl sites for hydroxylation is 1. The number of rotatable bonds is 5. The minimum atomic E-state index is -0.0209. The maximum atomic E-state index is 12.6. The molecule has 3 rings (SSSR count). The lowest BCUT2D eigenvalue weighted by atomic mass is 10.1. The smallest absolute Gasteiger partial charge is 0.228 e. The molecule has 1 heterocycles. The highest BCUT2D eigenvalue weighted by Crippen LogP contribution is 2.25. The Hall–Kier alpha value is -2.62. The second kappa shape index (κ2) is 7.51. The first-order chi connectivity index (χ1) is 12.0. The normalized spacial score (nSPS) is 17.0. The molecule has 0 bridgehead atoms. The average Bonchev–Trinajstić information content (AvgIpc) is 2.97. The van der Waals surface area contributed by atoms with E-state index in [1.54, 1.807) is 11.9 Å². The van der Waals surface area contributed by atoms with Crippen molar-refractivity contribution in [2.75, 3.05) is 11.9 Å². The van der Waals surface area contributed by atoms with E-state index >= 15 is 0 Å². The quantitative estimate of drug-likeness (QED) is 0.838. The van der Waals surface area contributed by atoms with Gasteiger partial charge in [-0.05, 0) is 31.0 Å². The molecule has 1 aliphatic rings. The van der Waals surface area contributed by atoms with Gasteiger partial charge in [0, 0.05) is 38.2 Å². The van der Waals surface area contributed by atoms with Gasteiger partial charge in [-0.15, -0.1) is 0 Å². The largest absolute Gasteiger partial charge is 0.335 e. The summed E-state index contributed by atoms with van der Waals surface area (Å²) < 4.78 is 0. The predicted molar refractivity (Wildman–Crippen MR) is 99.2 cm³/mol. The second-order valence-electron chi connectivity index (χ2n) is 6.69. The molecule has 2 aromatic rings. The highest BCUT2D eigenvalue weighted by Gasteiger charge is 2.33. The molecule has 4 nitrogen and oxygen atoms in total. The van der Waals surface area contributed by atoms with Crippen LogP contribution >= 0.6 is 0 Å². The molecule has 130 valence electrons. The van der Waals surface area contributed by atoms with Crippen LogP contribution in [0.25, 0.3) is 0 Å². The zero-order chi connectivity index (χ0) is 17.8. The topological polar surface area (TPSA) is 40.6 Å². The fourth-order valence-electron chi connectivity index (χ4n) is 3.25. The lowest BCUT2D eigenvalue weighted by Crippen LogP contribution is -2.37. The van der Waals surface area contributed by atoms with Gasteiger partial charge in [-0.1, -0.05) is 48.0 Å². The van der Waals surface area contributed by atoms with Crippen molar-refractivity contribution in [3.8, 4) is 0 Å². The number of carbonyl (C=O) groups excluding carboxylic acids is 2. The SMILES string of the molecule is Cc1ccc(CN2C(=O)CCC2CC(=O)N(C)c2ccccc2)cc1. The molecule has 2 amide bonds. The fourth-order valence-corrected chi connectivity index (χ4v) is 3.25. The zero-order valence-electron chi connectivity index (χ0n) is 14.8. The van der Waals surface area contributed by atoms with Crippen LogP contribution in [-0.4, -0.2) is 29.8 Å². The van der Waals surface area contributed by atoms with Crippen LogP contribution in [0.3, 0.4) is 0 Å². The number of anilines is 1. The molecule has 1 unspecified atom stereocenters. The third-order valence-corrected chi connectivity index (χ3v) is 4.85. The molecule has 1 atom stereocenters. The van der Waals surface area contributed by atoms with Crippen LogP contribution in [0.5, 0.6) is 0 Å². The van der Waals surface area contributed by atoms with Crippen LogP contribution in [0.4, 0.5) is 5.69 Å². The zero-order valence-corrected chi connectivity index (χ0v) is 14.8. The van der Waals surface area contributed by atoms with Crippen LogP contribution in [0.1, 0.15) is 30.4 Å². The number of benzene rings is 2. The Labute approximate surface area is 149 Å². The van der Waals surface area contributed by atoms with Gasteiger partial charge in [0.1, 0.15) is 0 Å².